The fourth-order valence-electron chi connectivity index (χ4n) is 3.04. The van der Waals surface area contributed by atoms with Gasteiger partial charge in [0.1, 0.15) is 0 Å². The van der Waals surface area contributed by atoms with Crippen molar-refractivity contribution < 1.29 is 9.59 Å². The van der Waals surface area contributed by atoms with E-state index in [1.807, 2.05) is 12.1 Å². The van der Waals surface area contributed by atoms with Crippen molar-refractivity contribution in [1.82, 2.24) is 5.32 Å². The molecule has 26 heavy (non-hydrogen) atoms. The molecule has 0 radical (unpaired) electrons. The average molecular weight is 391 g/mol. The molecule has 2 amide bonds. The first kappa shape index (κ1) is 18.7. The molecular weight excluding hydrogens is 371 g/mol. The zero-order chi connectivity index (χ0) is 18.7. The molecular formula is C20H20Cl2N2O2. The second-order valence-electron chi connectivity index (χ2n) is 6.37. The molecule has 136 valence electrons. The summed E-state index contributed by atoms with van der Waals surface area (Å²) in [5.41, 5.74) is 2.85. The Hall–Kier alpha value is -2.04. The summed E-state index contributed by atoms with van der Waals surface area (Å²) in [4.78, 5) is 26.3. The van der Waals surface area contributed by atoms with Crippen molar-refractivity contribution in [3.63, 3.8) is 0 Å². The van der Waals surface area contributed by atoms with E-state index in [0.717, 1.165) is 12.0 Å². The van der Waals surface area contributed by atoms with Gasteiger partial charge in [-0.1, -0.05) is 60.5 Å². The van der Waals surface area contributed by atoms with Crippen LogP contribution in [0, 0.1) is 5.92 Å². The van der Waals surface area contributed by atoms with Gasteiger partial charge in [-0.25, -0.2) is 0 Å². The predicted molar refractivity (Wildman–Crippen MR) is 105 cm³/mol. The quantitative estimate of drug-likeness (QED) is 0.830. The minimum absolute atomic E-state index is 0.124. The molecule has 2 aromatic rings. The molecule has 6 heteroatoms. The molecule has 0 unspecified atom stereocenters. The molecule has 1 fully saturated rings. The predicted octanol–water partition coefficient (Wildman–Crippen LogP) is 4.23. The molecule has 1 aliphatic rings. The molecule has 1 aliphatic heterocycles. The zero-order valence-electron chi connectivity index (χ0n) is 14.5. The van der Waals surface area contributed by atoms with Gasteiger partial charge >= 0.3 is 0 Å². The molecule has 1 heterocycles. The molecule has 0 spiro atoms. The Morgan fingerprint density at radius 1 is 1.15 bits per heavy atom. The molecule has 0 aliphatic carbocycles. The van der Waals surface area contributed by atoms with Crippen LogP contribution in [0.15, 0.2) is 42.5 Å². The van der Waals surface area contributed by atoms with Crippen molar-refractivity contribution in [3.8, 4) is 0 Å². The molecule has 0 aromatic heterocycles. The van der Waals surface area contributed by atoms with E-state index in [2.05, 4.69) is 24.4 Å². The van der Waals surface area contributed by atoms with E-state index in [0.29, 0.717) is 28.8 Å². The van der Waals surface area contributed by atoms with Crippen LogP contribution in [0.1, 0.15) is 24.5 Å². The Kier molecular flexibility index (Phi) is 5.84. The van der Waals surface area contributed by atoms with Gasteiger partial charge in [0, 0.05) is 19.5 Å². The Labute approximate surface area is 163 Å². The highest BCUT2D eigenvalue weighted by atomic mass is 35.5. The van der Waals surface area contributed by atoms with E-state index in [1.165, 1.54) is 10.5 Å². The van der Waals surface area contributed by atoms with Crippen molar-refractivity contribution in [2.45, 2.75) is 26.3 Å². The number of carbonyl (C=O) groups is 2. The first-order valence-electron chi connectivity index (χ1n) is 8.59. The lowest BCUT2D eigenvalue weighted by Crippen LogP contribution is -2.32. The molecule has 0 saturated carbocycles. The number of halogens is 2. The van der Waals surface area contributed by atoms with Crippen LogP contribution in [0.25, 0.3) is 0 Å². The van der Waals surface area contributed by atoms with Gasteiger partial charge in [-0.05, 0) is 29.7 Å². The van der Waals surface area contributed by atoms with E-state index in [4.69, 9.17) is 23.2 Å². The fourth-order valence-corrected chi connectivity index (χ4v) is 3.44. The van der Waals surface area contributed by atoms with Crippen LogP contribution >= 0.6 is 23.2 Å². The molecule has 2 aromatic carbocycles. The van der Waals surface area contributed by atoms with Gasteiger partial charge in [-0.2, -0.15) is 0 Å². The monoisotopic (exact) mass is 390 g/mol. The van der Waals surface area contributed by atoms with Gasteiger partial charge in [0.2, 0.25) is 11.8 Å². The van der Waals surface area contributed by atoms with Gasteiger partial charge in [-0.3, -0.25) is 9.59 Å². The second kappa shape index (κ2) is 8.11. The number of anilines is 1. The highest BCUT2D eigenvalue weighted by Gasteiger charge is 2.36. The first-order chi connectivity index (χ1) is 12.5. The topological polar surface area (TPSA) is 49.4 Å². The lowest BCUT2D eigenvalue weighted by molar-refractivity contribution is -0.126. The summed E-state index contributed by atoms with van der Waals surface area (Å²) in [5, 5.41) is 3.64. The van der Waals surface area contributed by atoms with Crippen LogP contribution in [0.4, 0.5) is 5.69 Å². The lowest BCUT2D eigenvalue weighted by atomic mass is 10.1. The van der Waals surface area contributed by atoms with E-state index < -0.39 is 5.92 Å². The number of carbonyl (C=O) groups excluding carboxylic acids is 2. The molecule has 1 saturated heterocycles. The maximum atomic E-state index is 12.5. The van der Waals surface area contributed by atoms with Crippen LogP contribution in [0.2, 0.25) is 10.0 Å². The standard InChI is InChI=1S/C20H20Cl2N2O2/c1-2-13-6-8-14(9-7-13)11-23-20(26)15-10-18(25)24(12-15)17-5-3-4-16(21)19(17)22/h3-9,15H,2,10-12H2,1H3,(H,23,26)/t15-/m1/s1. The third-order valence-electron chi connectivity index (χ3n) is 4.62. The molecule has 3 rings (SSSR count). The maximum Gasteiger partial charge on any atom is 0.227 e. The maximum absolute atomic E-state index is 12.5. The average Bonchev–Trinajstić information content (AvgIpc) is 3.04. The first-order valence-corrected chi connectivity index (χ1v) is 9.35. The fraction of sp³-hybridized carbons (Fsp3) is 0.300. The van der Waals surface area contributed by atoms with Gasteiger partial charge in [0.05, 0.1) is 21.7 Å². The number of nitrogens with zero attached hydrogens (tertiary/aromatic N) is 1. The van der Waals surface area contributed by atoms with Crippen molar-refractivity contribution in [2.75, 3.05) is 11.4 Å². The number of benzene rings is 2. The SMILES string of the molecule is CCc1ccc(CNC(=O)[C@@H]2CC(=O)N(c3cccc(Cl)c3Cl)C2)cc1. The van der Waals surface area contributed by atoms with E-state index >= 15 is 0 Å². The Bertz CT molecular complexity index is 821. The highest BCUT2D eigenvalue weighted by molar-refractivity contribution is 6.44. The van der Waals surface area contributed by atoms with E-state index in [1.54, 1.807) is 18.2 Å². The minimum atomic E-state index is -0.396. The van der Waals surface area contributed by atoms with Crippen LogP contribution < -0.4 is 10.2 Å². The second-order valence-corrected chi connectivity index (χ2v) is 7.15. The summed E-state index contributed by atoms with van der Waals surface area (Å²) < 4.78 is 0. The third-order valence-corrected chi connectivity index (χ3v) is 5.42. The Morgan fingerprint density at radius 3 is 2.54 bits per heavy atom. The van der Waals surface area contributed by atoms with E-state index in [-0.39, 0.29) is 18.2 Å². The van der Waals surface area contributed by atoms with Gasteiger partial charge < -0.3 is 10.2 Å². The summed E-state index contributed by atoms with van der Waals surface area (Å²) in [6, 6.07) is 13.3. The summed E-state index contributed by atoms with van der Waals surface area (Å²) in [6.45, 7) is 2.86. The van der Waals surface area contributed by atoms with Gasteiger partial charge in [0.25, 0.3) is 0 Å². The summed E-state index contributed by atoms with van der Waals surface area (Å²) in [5.74, 6) is -0.646. The number of rotatable bonds is 5. The lowest BCUT2D eigenvalue weighted by Gasteiger charge is -2.18. The van der Waals surface area contributed by atoms with Crippen LogP contribution in [0.5, 0.6) is 0 Å². The van der Waals surface area contributed by atoms with Crippen LogP contribution in [-0.4, -0.2) is 18.4 Å². The highest BCUT2D eigenvalue weighted by Crippen LogP contribution is 2.35. The van der Waals surface area contributed by atoms with Crippen molar-refractivity contribution in [3.05, 3.63) is 63.6 Å². The number of aryl methyl sites for hydroxylation is 1. The zero-order valence-corrected chi connectivity index (χ0v) is 16.0. The molecule has 4 nitrogen and oxygen atoms in total. The van der Waals surface area contributed by atoms with Crippen molar-refractivity contribution in [1.29, 1.82) is 0 Å². The number of nitrogens with one attached hydrogen (secondary N) is 1. The van der Waals surface area contributed by atoms with Gasteiger partial charge in [0.15, 0.2) is 0 Å². The van der Waals surface area contributed by atoms with E-state index in [9.17, 15) is 9.59 Å². The van der Waals surface area contributed by atoms with Crippen molar-refractivity contribution in [2.24, 2.45) is 5.92 Å². The smallest absolute Gasteiger partial charge is 0.227 e. The molecule has 1 atom stereocenters. The van der Waals surface area contributed by atoms with Crippen molar-refractivity contribution >= 4 is 40.7 Å². The number of hydrogen-bond donors (Lipinski definition) is 1. The summed E-state index contributed by atoms with van der Waals surface area (Å²) in [7, 11) is 0. The normalized spacial score (nSPS) is 16.8. The van der Waals surface area contributed by atoms with Gasteiger partial charge in [-0.15, -0.1) is 0 Å². The third kappa shape index (κ3) is 4.02. The Morgan fingerprint density at radius 2 is 1.85 bits per heavy atom. The summed E-state index contributed by atoms with van der Waals surface area (Å²) in [6.07, 6.45) is 1.15. The largest absolute Gasteiger partial charge is 0.352 e. The molecule has 0 bridgehead atoms. The Balaban J connectivity index is 1.62. The number of hydrogen-bond acceptors (Lipinski definition) is 2. The molecule has 1 N–H and O–H groups in total. The minimum Gasteiger partial charge on any atom is -0.352 e. The summed E-state index contributed by atoms with van der Waals surface area (Å²) >= 11 is 12.2. The number of amides is 2. The van der Waals surface area contributed by atoms with Crippen LogP contribution in [-0.2, 0) is 22.6 Å². The van der Waals surface area contributed by atoms with Crippen LogP contribution in [0.3, 0.4) is 0 Å².